The Bertz CT molecular complexity index is 1350. The van der Waals surface area contributed by atoms with Crippen LogP contribution in [0.2, 0.25) is 0 Å². The Kier molecular flexibility index (Phi) is 5.00. The van der Waals surface area contributed by atoms with Gasteiger partial charge in [0.1, 0.15) is 5.52 Å². The molecule has 2 aromatic heterocycles. The number of fused-ring (bicyclic) bond motifs is 1. The second-order valence-electron chi connectivity index (χ2n) is 6.24. The van der Waals surface area contributed by atoms with Gasteiger partial charge in [-0.3, -0.25) is 4.79 Å². The fourth-order valence-electron chi connectivity index (χ4n) is 3.13. The van der Waals surface area contributed by atoms with Crippen LogP contribution in [-0.4, -0.2) is 39.6 Å². The van der Waals surface area contributed by atoms with Crippen LogP contribution in [0.25, 0.3) is 28.2 Å². The molecule has 0 radical (unpaired) electrons. The van der Waals surface area contributed by atoms with Gasteiger partial charge in [0.05, 0.1) is 19.9 Å². The molecule has 0 saturated heterocycles. The van der Waals surface area contributed by atoms with Crippen molar-refractivity contribution in [1.29, 1.82) is 0 Å². The number of primary amides is 1. The molecule has 4 aromatic rings. The van der Waals surface area contributed by atoms with Gasteiger partial charge in [-0.15, -0.1) is 0 Å². The average molecular weight is 470 g/mol. The number of aromatic amines is 1. The second-order valence-corrected chi connectivity index (χ2v) is 7.10. The molecule has 10 heteroatoms. The summed E-state index contributed by atoms with van der Waals surface area (Å²) < 4.78 is 12.6. The topological polar surface area (TPSA) is 125 Å². The van der Waals surface area contributed by atoms with E-state index in [2.05, 4.69) is 30.9 Å². The molecule has 0 spiro atoms. The molecule has 0 saturated carbocycles. The molecule has 2 aromatic carbocycles. The van der Waals surface area contributed by atoms with Crippen molar-refractivity contribution in [2.45, 2.75) is 0 Å². The van der Waals surface area contributed by atoms with E-state index in [4.69, 9.17) is 15.2 Å². The van der Waals surface area contributed by atoms with E-state index in [1.165, 1.54) is 18.8 Å². The first-order valence-electron chi connectivity index (χ1n) is 8.74. The van der Waals surface area contributed by atoms with Gasteiger partial charge in [-0.05, 0) is 18.2 Å². The molecule has 0 aliphatic heterocycles. The number of hydrogen-bond acceptors (Lipinski definition) is 6. The Labute approximate surface area is 178 Å². The number of carbonyl (C=O) groups is 1. The number of imidazole rings is 1. The first-order valence-corrected chi connectivity index (χ1v) is 9.53. The highest BCUT2D eigenvalue weighted by Gasteiger charge is 2.21. The minimum atomic E-state index is -0.781. The van der Waals surface area contributed by atoms with Crippen LogP contribution in [0.1, 0.15) is 10.5 Å². The van der Waals surface area contributed by atoms with E-state index in [0.717, 1.165) is 4.47 Å². The summed E-state index contributed by atoms with van der Waals surface area (Å²) in [6.45, 7) is 0. The van der Waals surface area contributed by atoms with Crippen molar-refractivity contribution in [3.05, 3.63) is 63.1 Å². The smallest absolute Gasteiger partial charge is 0.332 e. The third-order valence-electron chi connectivity index (χ3n) is 4.51. The highest BCUT2D eigenvalue weighted by atomic mass is 79.9. The van der Waals surface area contributed by atoms with Gasteiger partial charge >= 0.3 is 5.69 Å². The molecular formula is C20H16BrN5O4. The fraction of sp³-hybridized carbons (Fsp3) is 0.100. The Morgan fingerprint density at radius 1 is 1.10 bits per heavy atom. The molecule has 0 bridgehead atoms. The van der Waals surface area contributed by atoms with Crippen LogP contribution in [0.3, 0.4) is 0 Å². The van der Waals surface area contributed by atoms with E-state index < -0.39 is 11.6 Å². The molecule has 0 aliphatic carbocycles. The third kappa shape index (κ3) is 3.20. The lowest BCUT2D eigenvalue weighted by Crippen LogP contribution is -2.15. The average Bonchev–Trinajstić information content (AvgIpc) is 3.08. The number of amides is 1. The number of nitrogens with zero attached hydrogens (tertiary/aromatic N) is 3. The van der Waals surface area contributed by atoms with Crippen molar-refractivity contribution in [1.82, 2.24) is 19.5 Å². The van der Waals surface area contributed by atoms with Gasteiger partial charge in [0, 0.05) is 16.1 Å². The normalized spacial score (nSPS) is 10.9. The van der Waals surface area contributed by atoms with Gasteiger partial charge < -0.3 is 20.2 Å². The van der Waals surface area contributed by atoms with Gasteiger partial charge in [0.2, 0.25) is 0 Å². The van der Waals surface area contributed by atoms with E-state index >= 15 is 0 Å². The fourth-order valence-corrected chi connectivity index (χ4v) is 3.59. The van der Waals surface area contributed by atoms with Crippen molar-refractivity contribution in [2.75, 3.05) is 14.2 Å². The van der Waals surface area contributed by atoms with Crippen molar-refractivity contribution in [2.24, 2.45) is 5.73 Å². The molecule has 0 fully saturated rings. The van der Waals surface area contributed by atoms with E-state index in [9.17, 15) is 9.59 Å². The van der Waals surface area contributed by atoms with E-state index in [1.54, 1.807) is 24.3 Å². The Morgan fingerprint density at radius 2 is 1.83 bits per heavy atom. The molecular weight excluding hydrogens is 454 g/mol. The number of ether oxygens (including phenoxy) is 2. The standard InChI is InChI=1S/C20H16BrN5O4/c1-29-13-8-7-10(9-14(13)30-2)26-19-16(24-20(26)28)15(17(22)27)23-18(25-19)11-5-3-4-6-12(11)21/h3-9H,1-2H3,(H2,22,27)(H,24,28). The molecule has 4 rings (SSSR count). The highest BCUT2D eigenvalue weighted by molar-refractivity contribution is 9.10. The summed E-state index contributed by atoms with van der Waals surface area (Å²) in [6.07, 6.45) is 0. The largest absolute Gasteiger partial charge is 0.493 e. The molecule has 152 valence electrons. The molecule has 30 heavy (non-hydrogen) atoms. The maximum atomic E-state index is 12.8. The van der Waals surface area contributed by atoms with Crippen LogP contribution in [0, 0.1) is 0 Å². The van der Waals surface area contributed by atoms with Gasteiger partial charge in [-0.2, -0.15) is 0 Å². The Hall–Kier alpha value is -3.66. The number of rotatable bonds is 5. The van der Waals surface area contributed by atoms with E-state index in [0.29, 0.717) is 22.7 Å². The van der Waals surface area contributed by atoms with Crippen LogP contribution in [0.5, 0.6) is 11.5 Å². The molecule has 9 nitrogen and oxygen atoms in total. The molecule has 2 heterocycles. The zero-order valence-corrected chi connectivity index (χ0v) is 17.6. The van der Waals surface area contributed by atoms with Crippen LogP contribution in [0.15, 0.2) is 51.7 Å². The lowest BCUT2D eigenvalue weighted by molar-refractivity contribution is 0.0997. The van der Waals surface area contributed by atoms with Crippen molar-refractivity contribution < 1.29 is 14.3 Å². The Balaban J connectivity index is 2.05. The zero-order chi connectivity index (χ0) is 21.4. The predicted molar refractivity (Wildman–Crippen MR) is 114 cm³/mol. The SMILES string of the molecule is COc1ccc(-n2c(=O)[nH]c3c(C(N)=O)nc(-c4ccccc4Br)nc32)cc1OC. The van der Waals surface area contributed by atoms with Crippen LogP contribution >= 0.6 is 15.9 Å². The first-order chi connectivity index (χ1) is 14.4. The van der Waals surface area contributed by atoms with E-state index in [1.807, 2.05) is 18.2 Å². The molecule has 0 aliphatic rings. The minimum absolute atomic E-state index is 0.0814. The summed E-state index contributed by atoms with van der Waals surface area (Å²) in [7, 11) is 3.02. The number of carbonyl (C=O) groups excluding carboxylic acids is 1. The summed E-state index contributed by atoms with van der Waals surface area (Å²) in [5.41, 5.74) is 6.43. The number of methoxy groups -OCH3 is 2. The Morgan fingerprint density at radius 3 is 2.50 bits per heavy atom. The van der Waals surface area contributed by atoms with Gasteiger partial charge in [-0.1, -0.05) is 34.1 Å². The second kappa shape index (κ2) is 7.64. The number of aromatic nitrogens is 4. The molecule has 3 N–H and O–H groups in total. The van der Waals surface area contributed by atoms with Crippen LogP contribution < -0.4 is 20.9 Å². The summed E-state index contributed by atoms with van der Waals surface area (Å²) in [6, 6.07) is 12.3. The van der Waals surface area contributed by atoms with Crippen molar-refractivity contribution >= 4 is 33.0 Å². The van der Waals surface area contributed by atoms with E-state index in [-0.39, 0.29) is 22.7 Å². The summed E-state index contributed by atoms with van der Waals surface area (Å²) in [4.78, 5) is 36.4. The van der Waals surface area contributed by atoms with Crippen LogP contribution in [-0.2, 0) is 0 Å². The number of nitrogens with two attached hydrogens (primary N) is 1. The summed E-state index contributed by atoms with van der Waals surface area (Å²) in [5.74, 6) is 0.412. The third-order valence-corrected chi connectivity index (χ3v) is 5.20. The number of nitrogens with one attached hydrogen (secondary N) is 1. The zero-order valence-electron chi connectivity index (χ0n) is 16.0. The number of hydrogen-bond donors (Lipinski definition) is 2. The van der Waals surface area contributed by atoms with Crippen molar-refractivity contribution in [3.8, 4) is 28.6 Å². The first kappa shape index (κ1) is 19.6. The molecule has 0 atom stereocenters. The van der Waals surface area contributed by atoms with Crippen LogP contribution in [0.4, 0.5) is 0 Å². The summed E-state index contributed by atoms with van der Waals surface area (Å²) >= 11 is 3.46. The quantitative estimate of drug-likeness (QED) is 0.462. The molecule has 1 amide bonds. The number of H-pyrrole nitrogens is 1. The monoisotopic (exact) mass is 469 g/mol. The lowest BCUT2D eigenvalue weighted by atomic mass is 10.2. The minimum Gasteiger partial charge on any atom is -0.493 e. The summed E-state index contributed by atoms with van der Waals surface area (Å²) in [5, 5.41) is 0. The van der Waals surface area contributed by atoms with Gasteiger partial charge in [0.25, 0.3) is 5.91 Å². The number of benzene rings is 2. The predicted octanol–water partition coefficient (Wildman–Crippen LogP) is 2.65. The highest BCUT2D eigenvalue weighted by Crippen LogP contribution is 2.31. The van der Waals surface area contributed by atoms with Gasteiger partial charge in [-0.25, -0.2) is 19.3 Å². The number of halogens is 1. The maximum Gasteiger partial charge on any atom is 0.332 e. The van der Waals surface area contributed by atoms with Crippen molar-refractivity contribution in [3.63, 3.8) is 0 Å². The lowest BCUT2D eigenvalue weighted by Gasteiger charge is -2.11. The maximum absolute atomic E-state index is 12.8. The van der Waals surface area contributed by atoms with Gasteiger partial charge in [0.15, 0.2) is 28.7 Å². The molecule has 0 unspecified atom stereocenters.